The Hall–Kier alpha value is -3.09. The fourth-order valence-electron chi connectivity index (χ4n) is 2.78. The van der Waals surface area contributed by atoms with Crippen molar-refractivity contribution in [3.63, 3.8) is 0 Å². The Morgan fingerprint density at radius 1 is 1.22 bits per heavy atom. The van der Waals surface area contributed by atoms with Crippen molar-refractivity contribution in [2.24, 2.45) is 0 Å². The molecule has 1 unspecified atom stereocenters. The molecule has 1 aliphatic rings. The molecule has 1 aromatic heterocycles. The lowest BCUT2D eigenvalue weighted by Gasteiger charge is -2.30. The van der Waals surface area contributed by atoms with E-state index in [9.17, 15) is 9.59 Å². The molecule has 7 heteroatoms. The third kappa shape index (κ3) is 4.36. The number of amides is 2. The third-order valence-corrected chi connectivity index (χ3v) is 4.11. The van der Waals surface area contributed by atoms with E-state index < -0.39 is 6.10 Å². The van der Waals surface area contributed by atoms with Gasteiger partial charge in [-0.1, -0.05) is 13.8 Å². The normalized spacial score (nSPS) is 14.1. The van der Waals surface area contributed by atoms with E-state index in [1.165, 1.54) is 4.90 Å². The number of rotatable bonds is 7. The predicted octanol–water partition coefficient (Wildman–Crippen LogP) is 3.01. The molecule has 27 heavy (non-hydrogen) atoms. The zero-order valence-corrected chi connectivity index (χ0v) is 15.5. The molecule has 2 aromatic rings. The summed E-state index contributed by atoms with van der Waals surface area (Å²) in [5.74, 6) is 1.22. The number of carbonyl (C=O) groups is 2. The van der Waals surface area contributed by atoms with E-state index in [4.69, 9.17) is 9.47 Å². The van der Waals surface area contributed by atoms with E-state index in [1.54, 1.807) is 30.5 Å². The molecule has 1 atom stereocenters. The van der Waals surface area contributed by atoms with Gasteiger partial charge < -0.3 is 14.8 Å². The number of hydrogen-bond acceptors (Lipinski definition) is 5. The van der Waals surface area contributed by atoms with Gasteiger partial charge in [0, 0.05) is 6.20 Å². The maximum atomic E-state index is 13.0. The number of nitrogens with one attached hydrogen (secondary N) is 1. The van der Waals surface area contributed by atoms with Crippen LogP contribution in [0.4, 0.5) is 11.5 Å². The fourth-order valence-corrected chi connectivity index (χ4v) is 2.78. The van der Waals surface area contributed by atoms with Gasteiger partial charge in [0.15, 0.2) is 11.9 Å². The van der Waals surface area contributed by atoms with Crippen LogP contribution in [0.2, 0.25) is 0 Å². The van der Waals surface area contributed by atoms with Crippen LogP contribution in [0.5, 0.6) is 11.5 Å². The van der Waals surface area contributed by atoms with E-state index in [-0.39, 0.29) is 18.4 Å². The Morgan fingerprint density at radius 3 is 2.67 bits per heavy atom. The molecule has 0 fully saturated rings. The molecule has 3 rings (SSSR count). The van der Waals surface area contributed by atoms with E-state index in [0.717, 1.165) is 12.2 Å². The summed E-state index contributed by atoms with van der Waals surface area (Å²) in [5, 5.41) is 2.72. The molecule has 0 radical (unpaired) electrons. The first-order chi connectivity index (χ1) is 13.1. The van der Waals surface area contributed by atoms with Crippen molar-refractivity contribution in [1.29, 1.82) is 0 Å². The van der Waals surface area contributed by atoms with Gasteiger partial charge in [0.1, 0.15) is 18.0 Å². The minimum absolute atomic E-state index is 0.0769. The van der Waals surface area contributed by atoms with Crippen LogP contribution in [0.1, 0.15) is 26.7 Å². The standard InChI is InChI=1S/C20H23N3O4/c1-3-12-26-14-7-9-15(10-8-14)27-17(4-2)20(25)23-13-18(24)22-16-6-5-11-21-19(16)23/h5-11,17H,3-4,12-13H2,1-2H3,(H,22,24). The van der Waals surface area contributed by atoms with Crippen molar-refractivity contribution >= 4 is 23.3 Å². The number of aromatic nitrogens is 1. The van der Waals surface area contributed by atoms with Crippen molar-refractivity contribution < 1.29 is 19.1 Å². The van der Waals surface area contributed by atoms with Crippen LogP contribution in [-0.4, -0.2) is 36.1 Å². The van der Waals surface area contributed by atoms with Crippen molar-refractivity contribution in [3.05, 3.63) is 42.6 Å². The largest absolute Gasteiger partial charge is 0.494 e. The Labute approximate surface area is 158 Å². The van der Waals surface area contributed by atoms with Gasteiger partial charge in [0.25, 0.3) is 5.91 Å². The fraction of sp³-hybridized carbons (Fsp3) is 0.350. The smallest absolute Gasteiger partial charge is 0.269 e. The molecule has 0 saturated carbocycles. The maximum Gasteiger partial charge on any atom is 0.269 e. The Kier molecular flexibility index (Phi) is 5.90. The van der Waals surface area contributed by atoms with Crippen molar-refractivity contribution in [1.82, 2.24) is 4.98 Å². The lowest BCUT2D eigenvalue weighted by molar-refractivity contribution is -0.127. The molecule has 0 bridgehead atoms. The minimum Gasteiger partial charge on any atom is -0.494 e. The van der Waals surface area contributed by atoms with Gasteiger partial charge >= 0.3 is 0 Å². The summed E-state index contributed by atoms with van der Waals surface area (Å²) in [6.07, 6.45) is 2.28. The lowest BCUT2D eigenvalue weighted by Crippen LogP contribution is -2.48. The number of anilines is 2. The van der Waals surface area contributed by atoms with E-state index in [2.05, 4.69) is 10.3 Å². The molecular weight excluding hydrogens is 346 g/mol. The highest BCUT2D eigenvalue weighted by molar-refractivity contribution is 6.10. The molecular formula is C20H23N3O4. The Balaban J connectivity index is 1.74. The third-order valence-electron chi connectivity index (χ3n) is 4.11. The molecule has 0 aliphatic carbocycles. The second-order valence-electron chi connectivity index (χ2n) is 6.18. The number of hydrogen-bond donors (Lipinski definition) is 1. The summed E-state index contributed by atoms with van der Waals surface area (Å²) in [6, 6.07) is 10.6. The predicted molar refractivity (Wildman–Crippen MR) is 102 cm³/mol. The second-order valence-corrected chi connectivity index (χ2v) is 6.18. The SMILES string of the molecule is CCCOc1ccc(OC(CC)C(=O)N2CC(=O)Nc3cccnc32)cc1. The quantitative estimate of drug-likeness (QED) is 0.811. The highest BCUT2D eigenvalue weighted by Crippen LogP contribution is 2.28. The second kappa shape index (κ2) is 8.53. The van der Waals surface area contributed by atoms with Gasteiger partial charge in [0.05, 0.1) is 12.3 Å². The Morgan fingerprint density at radius 2 is 1.96 bits per heavy atom. The molecule has 0 saturated heterocycles. The van der Waals surface area contributed by atoms with Gasteiger partial charge in [-0.05, 0) is 49.2 Å². The van der Waals surface area contributed by atoms with Crippen LogP contribution in [0.15, 0.2) is 42.6 Å². The molecule has 1 N–H and O–H groups in total. The molecule has 2 heterocycles. The van der Waals surface area contributed by atoms with Crippen LogP contribution in [-0.2, 0) is 9.59 Å². The minimum atomic E-state index is -0.715. The maximum absolute atomic E-state index is 13.0. The zero-order valence-electron chi connectivity index (χ0n) is 15.5. The summed E-state index contributed by atoms with van der Waals surface area (Å²) in [5.41, 5.74) is 0.523. The summed E-state index contributed by atoms with van der Waals surface area (Å²) in [6.45, 7) is 4.49. The van der Waals surface area contributed by atoms with Gasteiger partial charge in [0.2, 0.25) is 5.91 Å². The molecule has 2 amide bonds. The molecule has 142 valence electrons. The van der Waals surface area contributed by atoms with Gasteiger partial charge in [-0.25, -0.2) is 4.98 Å². The first kappa shape index (κ1) is 18.7. The van der Waals surface area contributed by atoms with E-state index in [1.807, 2.05) is 26.0 Å². The van der Waals surface area contributed by atoms with E-state index in [0.29, 0.717) is 30.3 Å². The zero-order chi connectivity index (χ0) is 19.2. The summed E-state index contributed by atoms with van der Waals surface area (Å²) >= 11 is 0. The van der Waals surface area contributed by atoms with Crippen LogP contribution in [0.25, 0.3) is 0 Å². The molecule has 1 aromatic carbocycles. The number of fused-ring (bicyclic) bond motifs is 1. The summed E-state index contributed by atoms with van der Waals surface area (Å²) in [4.78, 5) is 30.6. The number of benzene rings is 1. The molecule has 7 nitrogen and oxygen atoms in total. The highest BCUT2D eigenvalue weighted by Gasteiger charge is 2.32. The highest BCUT2D eigenvalue weighted by atomic mass is 16.5. The number of pyridine rings is 1. The lowest BCUT2D eigenvalue weighted by atomic mass is 10.2. The van der Waals surface area contributed by atoms with Crippen LogP contribution >= 0.6 is 0 Å². The van der Waals surface area contributed by atoms with Crippen LogP contribution in [0.3, 0.4) is 0 Å². The van der Waals surface area contributed by atoms with Gasteiger partial charge in [-0.2, -0.15) is 0 Å². The monoisotopic (exact) mass is 369 g/mol. The van der Waals surface area contributed by atoms with Gasteiger partial charge in [-0.3, -0.25) is 14.5 Å². The van der Waals surface area contributed by atoms with Crippen LogP contribution < -0.4 is 19.7 Å². The van der Waals surface area contributed by atoms with Crippen molar-refractivity contribution in [2.45, 2.75) is 32.8 Å². The number of nitrogens with zero attached hydrogens (tertiary/aromatic N) is 2. The Bertz CT molecular complexity index is 807. The first-order valence-electron chi connectivity index (χ1n) is 9.08. The van der Waals surface area contributed by atoms with Gasteiger partial charge in [-0.15, -0.1) is 0 Å². The molecule has 0 spiro atoms. The van der Waals surface area contributed by atoms with Crippen LogP contribution in [0, 0.1) is 0 Å². The molecule has 1 aliphatic heterocycles. The van der Waals surface area contributed by atoms with Crippen molar-refractivity contribution in [3.8, 4) is 11.5 Å². The average Bonchev–Trinajstić information content (AvgIpc) is 2.70. The van der Waals surface area contributed by atoms with E-state index >= 15 is 0 Å². The number of ether oxygens (including phenoxy) is 2. The van der Waals surface area contributed by atoms with Crippen molar-refractivity contribution in [2.75, 3.05) is 23.4 Å². The number of carbonyl (C=O) groups excluding carboxylic acids is 2. The first-order valence-corrected chi connectivity index (χ1v) is 9.08. The average molecular weight is 369 g/mol. The summed E-state index contributed by atoms with van der Waals surface area (Å²) < 4.78 is 11.4. The topological polar surface area (TPSA) is 80.8 Å². The summed E-state index contributed by atoms with van der Waals surface area (Å²) in [7, 11) is 0.